The molecule has 154 valence electrons. The van der Waals surface area contributed by atoms with E-state index in [1.165, 1.54) is 5.56 Å². The van der Waals surface area contributed by atoms with Gasteiger partial charge >= 0.3 is 0 Å². The standard InChI is InChI=1S/C21H23BrClN3O3/c1-15(12-20(27)24-11-5-8-16-6-3-2-4-7-16)25-26-21(28)14-29-19-10-9-17(23)13-18(19)22/h2-4,6-7,9-10,13H,5,8,11-12,14H2,1H3,(H,24,27)(H,26,28)/b25-15-. The van der Waals surface area contributed by atoms with Crippen molar-refractivity contribution in [2.24, 2.45) is 5.10 Å². The Kier molecular flexibility index (Phi) is 9.67. The second-order valence-electron chi connectivity index (χ2n) is 6.36. The van der Waals surface area contributed by atoms with Crippen molar-refractivity contribution in [1.29, 1.82) is 0 Å². The van der Waals surface area contributed by atoms with E-state index in [2.05, 4.69) is 43.9 Å². The van der Waals surface area contributed by atoms with Gasteiger partial charge in [-0.2, -0.15) is 5.10 Å². The number of amides is 2. The summed E-state index contributed by atoms with van der Waals surface area (Å²) >= 11 is 9.17. The second-order valence-corrected chi connectivity index (χ2v) is 7.65. The van der Waals surface area contributed by atoms with Crippen molar-refractivity contribution in [2.45, 2.75) is 26.2 Å². The van der Waals surface area contributed by atoms with Crippen LogP contribution < -0.4 is 15.5 Å². The first-order chi connectivity index (χ1) is 13.9. The molecule has 0 saturated heterocycles. The first kappa shape index (κ1) is 22.9. The molecule has 2 N–H and O–H groups in total. The maximum Gasteiger partial charge on any atom is 0.277 e. The molecule has 8 heteroatoms. The van der Waals surface area contributed by atoms with Gasteiger partial charge in [-0.1, -0.05) is 41.9 Å². The predicted molar refractivity (Wildman–Crippen MR) is 118 cm³/mol. The molecule has 0 aliphatic carbocycles. The highest BCUT2D eigenvalue weighted by atomic mass is 79.9. The molecule has 2 amide bonds. The zero-order valence-electron chi connectivity index (χ0n) is 16.1. The molecule has 0 saturated carbocycles. The van der Waals surface area contributed by atoms with Crippen molar-refractivity contribution >= 4 is 45.1 Å². The lowest BCUT2D eigenvalue weighted by atomic mass is 10.1. The molecule has 0 radical (unpaired) electrons. The molecule has 0 aliphatic rings. The Morgan fingerprint density at radius 3 is 2.62 bits per heavy atom. The molecule has 29 heavy (non-hydrogen) atoms. The number of nitrogens with one attached hydrogen (secondary N) is 2. The minimum absolute atomic E-state index is 0.120. The van der Waals surface area contributed by atoms with Crippen LogP contribution in [-0.4, -0.2) is 30.7 Å². The van der Waals surface area contributed by atoms with E-state index in [4.69, 9.17) is 16.3 Å². The maximum absolute atomic E-state index is 11.9. The summed E-state index contributed by atoms with van der Waals surface area (Å²) in [6, 6.07) is 15.1. The van der Waals surface area contributed by atoms with E-state index in [1.807, 2.05) is 18.2 Å². The smallest absolute Gasteiger partial charge is 0.277 e. The highest BCUT2D eigenvalue weighted by Crippen LogP contribution is 2.27. The third-order valence-corrected chi connectivity index (χ3v) is 4.70. The molecule has 0 spiro atoms. The zero-order chi connectivity index (χ0) is 21.1. The third kappa shape index (κ3) is 9.11. The van der Waals surface area contributed by atoms with Gasteiger partial charge in [0.15, 0.2) is 6.61 Å². The fraction of sp³-hybridized carbons (Fsp3) is 0.286. The summed E-state index contributed by atoms with van der Waals surface area (Å²) in [4.78, 5) is 23.8. The predicted octanol–water partition coefficient (Wildman–Crippen LogP) is 4.11. The van der Waals surface area contributed by atoms with E-state index in [0.29, 0.717) is 27.5 Å². The van der Waals surface area contributed by atoms with E-state index >= 15 is 0 Å². The average Bonchev–Trinajstić information content (AvgIpc) is 2.70. The van der Waals surface area contributed by atoms with Crippen LogP contribution in [0.2, 0.25) is 5.02 Å². The number of carbonyl (C=O) groups excluding carboxylic acids is 2. The van der Waals surface area contributed by atoms with Crippen molar-refractivity contribution < 1.29 is 14.3 Å². The van der Waals surface area contributed by atoms with E-state index < -0.39 is 5.91 Å². The van der Waals surface area contributed by atoms with Gasteiger partial charge in [0, 0.05) is 17.3 Å². The largest absolute Gasteiger partial charge is 0.483 e. The van der Waals surface area contributed by atoms with Crippen molar-refractivity contribution in [1.82, 2.24) is 10.7 Å². The van der Waals surface area contributed by atoms with Gasteiger partial charge < -0.3 is 10.1 Å². The number of hydrogen-bond acceptors (Lipinski definition) is 4. The van der Waals surface area contributed by atoms with Crippen molar-refractivity contribution in [3.63, 3.8) is 0 Å². The first-order valence-corrected chi connectivity index (χ1v) is 10.3. The van der Waals surface area contributed by atoms with Crippen LogP contribution in [0.25, 0.3) is 0 Å². The Morgan fingerprint density at radius 2 is 1.90 bits per heavy atom. The number of halogens is 2. The minimum Gasteiger partial charge on any atom is -0.483 e. The first-order valence-electron chi connectivity index (χ1n) is 9.14. The molecular weight excluding hydrogens is 458 g/mol. The fourth-order valence-corrected chi connectivity index (χ4v) is 3.22. The summed E-state index contributed by atoms with van der Waals surface area (Å²) in [5, 5.41) is 7.35. The van der Waals surface area contributed by atoms with Gasteiger partial charge in [-0.05, 0) is 59.5 Å². The number of benzene rings is 2. The Hall–Kier alpha value is -2.38. The Bertz CT molecular complexity index is 860. The summed E-state index contributed by atoms with van der Waals surface area (Å²) in [6.07, 6.45) is 1.89. The van der Waals surface area contributed by atoms with Crippen LogP contribution in [0.15, 0.2) is 58.1 Å². The van der Waals surface area contributed by atoms with E-state index in [1.54, 1.807) is 25.1 Å². The average molecular weight is 481 g/mol. The number of nitrogens with zero attached hydrogens (tertiary/aromatic N) is 1. The summed E-state index contributed by atoms with van der Waals surface area (Å²) < 4.78 is 6.06. The topological polar surface area (TPSA) is 79.8 Å². The molecule has 0 unspecified atom stereocenters. The molecule has 2 aromatic carbocycles. The second kappa shape index (κ2) is 12.2. The lowest BCUT2D eigenvalue weighted by molar-refractivity contribution is -0.123. The Morgan fingerprint density at radius 1 is 1.14 bits per heavy atom. The molecule has 0 heterocycles. The zero-order valence-corrected chi connectivity index (χ0v) is 18.4. The molecule has 0 fully saturated rings. The van der Waals surface area contributed by atoms with Crippen LogP contribution in [0, 0.1) is 0 Å². The summed E-state index contributed by atoms with van der Waals surface area (Å²) in [6.45, 7) is 2.07. The van der Waals surface area contributed by atoms with Gasteiger partial charge in [-0.25, -0.2) is 5.43 Å². The lowest BCUT2D eigenvalue weighted by Gasteiger charge is -2.08. The normalized spacial score (nSPS) is 11.1. The highest BCUT2D eigenvalue weighted by Gasteiger charge is 2.07. The third-order valence-electron chi connectivity index (χ3n) is 3.85. The summed E-state index contributed by atoms with van der Waals surface area (Å²) in [5.74, 6) is -0.0514. The minimum atomic E-state index is -0.422. The number of ether oxygens (including phenoxy) is 1. The monoisotopic (exact) mass is 479 g/mol. The van der Waals surface area contributed by atoms with Crippen LogP contribution >= 0.6 is 27.5 Å². The molecule has 6 nitrogen and oxygen atoms in total. The Labute approximate surface area is 183 Å². The van der Waals surface area contributed by atoms with Gasteiger partial charge in [0.05, 0.1) is 10.9 Å². The molecule has 2 aromatic rings. The van der Waals surface area contributed by atoms with Crippen LogP contribution in [0.5, 0.6) is 5.75 Å². The van der Waals surface area contributed by atoms with Gasteiger partial charge in [-0.3, -0.25) is 9.59 Å². The summed E-state index contributed by atoms with van der Waals surface area (Å²) in [7, 11) is 0. The van der Waals surface area contributed by atoms with E-state index in [-0.39, 0.29) is 18.9 Å². The molecule has 0 aliphatic heterocycles. The van der Waals surface area contributed by atoms with Crippen molar-refractivity contribution in [3.05, 3.63) is 63.6 Å². The van der Waals surface area contributed by atoms with Crippen LogP contribution in [0.1, 0.15) is 25.3 Å². The maximum atomic E-state index is 11.9. The highest BCUT2D eigenvalue weighted by molar-refractivity contribution is 9.10. The van der Waals surface area contributed by atoms with Crippen molar-refractivity contribution in [3.8, 4) is 5.75 Å². The van der Waals surface area contributed by atoms with Gasteiger partial charge in [0.25, 0.3) is 5.91 Å². The number of hydrogen-bond donors (Lipinski definition) is 2. The van der Waals surface area contributed by atoms with Gasteiger partial charge in [-0.15, -0.1) is 0 Å². The number of carbonyl (C=O) groups is 2. The SMILES string of the molecule is C/C(CC(=O)NCCCc1ccccc1)=N/NC(=O)COc1ccc(Cl)cc1Br. The summed E-state index contributed by atoms with van der Waals surface area (Å²) in [5.41, 5.74) is 4.13. The van der Waals surface area contributed by atoms with Crippen LogP contribution in [-0.2, 0) is 16.0 Å². The van der Waals surface area contributed by atoms with E-state index in [9.17, 15) is 9.59 Å². The Balaban J connectivity index is 1.63. The molecule has 0 atom stereocenters. The van der Waals surface area contributed by atoms with E-state index in [0.717, 1.165) is 12.8 Å². The molecule has 0 aromatic heterocycles. The van der Waals surface area contributed by atoms with Crippen LogP contribution in [0.4, 0.5) is 0 Å². The molecule has 2 rings (SSSR count). The molecule has 0 bridgehead atoms. The molecular formula is C21H23BrClN3O3. The van der Waals surface area contributed by atoms with Crippen LogP contribution in [0.3, 0.4) is 0 Å². The van der Waals surface area contributed by atoms with Gasteiger partial charge in [0.1, 0.15) is 5.75 Å². The van der Waals surface area contributed by atoms with Gasteiger partial charge in [0.2, 0.25) is 5.91 Å². The lowest BCUT2D eigenvalue weighted by Crippen LogP contribution is -2.29. The van der Waals surface area contributed by atoms with Crippen molar-refractivity contribution in [2.75, 3.05) is 13.2 Å². The fourth-order valence-electron chi connectivity index (χ4n) is 2.43. The number of rotatable bonds is 10. The number of aryl methyl sites for hydroxylation is 1. The number of hydrazone groups is 1. The quantitative estimate of drug-likeness (QED) is 0.305.